The highest BCUT2D eigenvalue weighted by molar-refractivity contribution is 7.85. The lowest BCUT2D eigenvalue weighted by Crippen LogP contribution is -2.34. The predicted octanol–water partition coefficient (Wildman–Crippen LogP) is 2.55. The Morgan fingerprint density at radius 2 is 1.88 bits per heavy atom. The molecule has 0 bridgehead atoms. The molecule has 2 aliphatic heterocycles. The topological polar surface area (TPSA) is 26.8 Å². The molecule has 1 saturated heterocycles. The van der Waals surface area contributed by atoms with Crippen molar-refractivity contribution >= 4 is 16.5 Å². The van der Waals surface area contributed by atoms with Crippen LogP contribution in [0.4, 0.5) is 5.69 Å². The third-order valence-electron chi connectivity index (χ3n) is 5.27. The molecule has 0 aromatic heterocycles. The van der Waals surface area contributed by atoms with E-state index in [1.165, 1.54) is 50.9 Å². The summed E-state index contributed by atoms with van der Waals surface area (Å²) in [6.45, 7) is 5.94. The highest BCUT2D eigenvalue weighted by Crippen LogP contribution is 2.30. The van der Waals surface area contributed by atoms with Crippen molar-refractivity contribution in [2.45, 2.75) is 37.0 Å². The average molecular weight is 350 g/mol. The molecule has 3 rings (SSSR count). The molecule has 0 N–H and O–H groups in total. The van der Waals surface area contributed by atoms with Gasteiger partial charge in [-0.15, -0.1) is 0 Å². The van der Waals surface area contributed by atoms with Crippen molar-refractivity contribution in [3.8, 4) is 0 Å². The first-order valence-corrected chi connectivity index (χ1v) is 10.6. The molecule has 1 unspecified atom stereocenters. The molecule has 134 valence electrons. The van der Waals surface area contributed by atoms with Crippen LogP contribution in [0.1, 0.15) is 31.2 Å². The van der Waals surface area contributed by atoms with Crippen LogP contribution in [-0.4, -0.2) is 66.7 Å². The van der Waals surface area contributed by atoms with Crippen molar-refractivity contribution in [2.75, 3.05) is 57.6 Å². The molecule has 0 aliphatic carbocycles. The lowest BCUT2D eigenvalue weighted by atomic mass is 10.1. The van der Waals surface area contributed by atoms with E-state index in [1.54, 1.807) is 0 Å². The van der Waals surface area contributed by atoms with E-state index in [9.17, 15) is 4.21 Å². The van der Waals surface area contributed by atoms with Crippen LogP contribution in [0.25, 0.3) is 0 Å². The van der Waals surface area contributed by atoms with Gasteiger partial charge in [-0.1, -0.05) is 18.9 Å². The number of likely N-dealkylation sites (N-methyl/N-ethyl adjacent to an activating group) is 1. The number of benzene rings is 1. The molecule has 24 heavy (non-hydrogen) atoms. The molecule has 1 aromatic rings. The van der Waals surface area contributed by atoms with Crippen LogP contribution in [0.2, 0.25) is 0 Å². The van der Waals surface area contributed by atoms with Gasteiger partial charge in [0.05, 0.1) is 27.3 Å². The Morgan fingerprint density at radius 1 is 1.12 bits per heavy atom. The summed E-state index contributed by atoms with van der Waals surface area (Å²) in [7, 11) is 3.38. The maximum atomic E-state index is 12.1. The summed E-state index contributed by atoms with van der Waals surface area (Å²) in [4.78, 5) is 8.16. The monoisotopic (exact) mass is 349 g/mol. The summed E-state index contributed by atoms with van der Waals surface area (Å²) in [6.07, 6.45) is 6.57. The fraction of sp³-hybridized carbons (Fsp3) is 0.684. The van der Waals surface area contributed by atoms with Crippen molar-refractivity contribution < 1.29 is 4.21 Å². The van der Waals surface area contributed by atoms with Crippen LogP contribution in [0.15, 0.2) is 23.1 Å². The van der Waals surface area contributed by atoms with Crippen LogP contribution in [0.5, 0.6) is 0 Å². The second-order valence-electron chi connectivity index (χ2n) is 7.28. The largest absolute Gasteiger partial charge is 0.361 e. The van der Waals surface area contributed by atoms with Gasteiger partial charge < -0.3 is 14.7 Å². The smallest absolute Gasteiger partial charge is 0.0982 e. The molecule has 0 radical (unpaired) electrons. The minimum Gasteiger partial charge on any atom is -0.361 e. The van der Waals surface area contributed by atoms with Crippen molar-refractivity contribution in [2.24, 2.45) is 0 Å². The lowest BCUT2D eigenvalue weighted by molar-refractivity contribution is 0.232. The number of hydrogen-bond donors (Lipinski definition) is 0. The van der Waals surface area contributed by atoms with Gasteiger partial charge in [0, 0.05) is 26.7 Å². The first kappa shape index (κ1) is 17.9. The molecule has 0 spiro atoms. The van der Waals surface area contributed by atoms with Gasteiger partial charge in [0.2, 0.25) is 0 Å². The molecular formula is C19H31N3OS. The van der Waals surface area contributed by atoms with Gasteiger partial charge >= 0.3 is 0 Å². The third-order valence-corrected chi connectivity index (χ3v) is 6.71. The molecule has 0 saturated carbocycles. The second-order valence-corrected chi connectivity index (χ2v) is 8.67. The Kier molecular flexibility index (Phi) is 6.31. The highest BCUT2D eigenvalue weighted by Gasteiger charge is 2.22. The fourth-order valence-electron chi connectivity index (χ4n) is 3.63. The molecular weight excluding hydrogens is 318 g/mol. The SMILES string of the molecule is CN(CCc1ccc2c(c1)S(=O)CN2C)CCN1CCCCCC1. The van der Waals surface area contributed by atoms with Gasteiger partial charge in [-0.2, -0.15) is 0 Å². The summed E-state index contributed by atoms with van der Waals surface area (Å²) >= 11 is 0. The van der Waals surface area contributed by atoms with Gasteiger partial charge in [-0.25, -0.2) is 0 Å². The fourth-order valence-corrected chi connectivity index (χ4v) is 5.00. The Balaban J connectivity index is 1.45. The summed E-state index contributed by atoms with van der Waals surface area (Å²) in [6, 6.07) is 6.48. The highest BCUT2D eigenvalue weighted by atomic mass is 32.2. The van der Waals surface area contributed by atoms with Crippen LogP contribution < -0.4 is 4.90 Å². The summed E-state index contributed by atoms with van der Waals surface area (Å²) in [5.74, 6) is 0.633. The number of nitrogens with zero attached hydrogens (tertiary/aromatic N) is 3. The van der Waals surface area contributed by atoms with Crippen LogP contribution in [-0.2, 0) is 17.2 Å². The number of hydrogen-bond acceptors (Lipinski definition) is 4. The van der Waals surface area contributed by atoms with E-state index >= 15 is 0 Å². The zero-order valence-electron chi connectivity index (χ0n) is 15.2. The van der Waals surface area contributed by atoms with Gasteiger partial charge in [-0.05, 0) is 57.1 Å². The van der Waals surface area contributed by atoms with Crippen molar-refractivity contribution in [3.63, 3.8) is 0 Å². The van der Waals surface area contributed by atoms with Crippen molar-refractivity contribution in [1.29, 1.82) is 0 Å². The van der Waals surface area contributed by atoms with Gasteiger partial charge in [-0.3, -0.25) is 4.21 Å². The third kappa shape index (κ3) is 4.58. The second kappa shape index (κ2) is 8.45. The van der Waals surface area contributed by atoms with E-state index in [0.29, 0.717) is 5.88 Å². The summed E-state index contributed by atoms with van der Waals surface area (Å²) in [5, 5.41) is 0. The van der Waals surface area contributed by atoms with Gasteiger partial charge in [0.1, 0.15) is 0 Å². The molecule has 1 aromatic carbocycles. The van der Waals surface area contributed by atoms with E-state index < -0.39 is 10.8 Å². The molecule has 2 aliphatic rings. The molecule has 0 amide bonds. The maximum absolute atomic E-state index is 12.1. The Hall–Kier alpha value is -0.910. The van der Waals surface area contributed by atoms with Crippen LogP contribution in [0, 0.1) is 0 Å². The molecule has 4 nitrogen and oxygen atoms in total. The molecule has 2 heterocycles. The number of likely N-dealkylation sites (tertiary alicyclic amines) is 1. The van der Waals surface area contributed by atoms with E-state index in [1.807, 2.05) is 7.05 Å². The zero-order chi connectivity index (χ0) is 16.9. The quantitative estimate of drug-likeness (QED) is 0.789. The minimum absolute atomic E-state index is 0.633. The van der Waals surface area contributed by atoms with Crippen LogP contribution in [0.3, 0.4) is 0 Å². The Labute approximate surface area is 149 Å². The number of anilines is 1. The van der Waals surface area contributed by atoms with Crippen LogP contribution >= 0.6 is 0 Å². The lowest BCUT2D eigenvalue weighted by Gasteiger charge is -2.24. The number of fused-ring (bicyclic) bond motifs is 1. The summed E-state index contributed by atoms with van der Waals surface area (Å²) < 4.78 is 12.1. The Morgan fingerprint density at radius 3 is 2.62 bits per heavy atom. The van der Waals surface area contributed by atoms with E-state index in [2.05, 4.69) is 39.9 Å². The minimum atomic E-state index is -0.855. The van der Waals surface area contributed by atoms with E-state index in [0.717, 1.165) is 30.1 Å². The molecule has 5 heteroatoms. The van der Waals surface area contributed by atoms with Gasteiger partial charge in [0.15, 0.2) is 0 Å². The molecule has 1 atom stereocenters. The van der Waals surface area contributed by atoms with E-state index in [4.69, 9.17) is 0 Å². The Bertz CT molecular complexity index is 570. The maximum Gasteiger partial charge on any atom is 0.0982 e. The predicted molar refractivity (Wildman–Crippen MR) is 102 cm³/mol. The zero-order valence-corrected chi connectivity index (χ0v) is 16.0. The van der Waals surface area contributed by atoms with Crippen molar-refractivity contribution in [3.05, 3.63) is 23.8 Å². The van der Waals surface area contributed by atoms with Crippen molar-refractivity contribution in [1.82, 2.24) is 9.80 Å². The average Bonchev–Trinajstić information content (AvgIpc) is 2.77. The standard InChI is InChI=1S/C19H31N3OS/c1-20(13-14-22-10-5-3-4-6-11-22)12-9-17-7-8-18-19(15-17)24(23)16-21(18)2/h7-8,15H,3-6,9-14,16H2,1-2H3. The summed E-state index contributed by atoms with van der Waals surface area (Å²) in [5.41, 5.74) is 2.44. The normalized spacial score (nSPS) is 22.0. The van der Waals surface area contributed by atoms with Gasteiger partial charge in [0.25, 0.3) is 0 Å². The molecule has 1 fully saturated rings. The van der Waals surface area contributed by atoms with E-state index in [-0.39, 0.29) is 0 Å². The first-order chi connectivity index (χ1) is 11.6. The number of rotatable bonds is 6. The first-order valence-electron chi connectivity index (χ1n) is 9.27.